The highest BCUT2D eigenvalue weighted by atomic mass is 32.1. The Bertz CT molecular complexity index is 3130. The molecule has 2 heterocycles. The molecular formula is C54H36N2S. The molecule has 0 fully saturated rings. The standard InChI is InChI=1S/C54H36N2S/c1-54(40-19-6-3-7-20-40)46-26-10-8-22-44(46)51-45(25-14-27-47(51)54)49-34-48(55-53(56-49)37-15-4-2-5-16-37)36-31-29-35(30-32-36)38-17-12-18-39(33-38)41-23-13-24-43-42-21-9-11-28-50(42)57-52(41)43/h2-34H,1H3. The van der Waals surface area contributed by atoms with Gasteiger partial charge in [-0.1, -0.05) is 182 Å². The zero-order valence-electron chi connectivity index (χ0n) is 31.4. The summed E-state index contributed by atoms with van der Waals surface area (Å²) in [6.45, 7) is 2.36. The van der Waals surface area contributed by atoms with Crippen molar-refractivity contribution >= 4 is 31.5 Å². The normalized spacial score (nSPS) is 14.5. The maximum Gasteiger partial charge on any atom is 0.160 e. The molecule has 2 aromatic heterocycles. The van der Waals surface area contributed by atoms with Gasteiger partial charge >= 0.3 is 0 Å². The van der Waals surface area contributed by atoms with Gasteiger partial charge in [-0.15, -0.1) is 11.3 Å². The Balaban J connectivity index is 1.01. The Morgan fingerprint density at radius 3 is 1.86 bits per heavy atom. The Morgan fingerprint density at radius 1 is 0.404 bits per heavy atom. The third kappa shape index (κ3) is 5.46. The van der Waals surface area contributed by atoms with Crippen molar-refractivity contribution in [1.29, 1.82) is 0 Å². The number of nitrogens with zero attached hydrogens (tertiary/aromatic N) is 2. The largest absolute Gasteiger partial charge is 0.228 e. The van der Waals surface area contributed by atoms with Crippen LogP contribution in [-0.2, 0) is 5.41 Å². The first-order valence-corrected chi connectivity index (χ1v) is 20.3. The molecule has 0 N–H and O–H groups in total. The van der Waals surface area contributed by atoms with E-state index in [4.69, 9.17) is 9.97 Å². The Hall–Kier alpha value is -6.94. The molecule has 268 valence electrons. The molecule has 1 aliphatic carbocycles. The van der Waals surface area contributed by atoms with Crippen LogP contribution in [0.25, 0.3) is 87.5 Å². The lowest BCUT2D eigenvalue weighted by Gasteiger charge is -2.28. The fourth-order valence-electron chi connectivity index (χ4n) is 8.96. The van der Waals surface area contributed by atoms with Crippen LogP contribution in [0.2, 0.25) is 0 Å². The van der Waals surface area contributed by atoms with E-state index in [0.29, 0.717) is 5.82 Å². The molecule has 10 aromatic rings. The van der Waals surface area contributed by atoms with Crippen molar-refractivity contribution in [2.24, 2.45) is 0 Å². The van der Waals surface area contributed by atoms with Gasteiger partial charge in [-0.3, -0.25) is 0 Å². The molecule has 11 rings (SSSR count). The number of hydrogen-bond donors (Lipinski definition) is 0. The van der Waals surface area contributed by atoms with Crippen molar-refractivity contribution in [1.82, 2.24) is 9.97 Å². The van der Waals surface area contributed by atoms with E-state index in [1.807, 2.05) is 17.4 Å². The summed E-state index contributed by atoms with van der Waals surface area (Å²) >= 11 is 1.87. The number of hydrogen-bond acceptors (Lipinski definition) is 3. The number of benzene rings is 8. The molecule has 0 aliphatic heterocycles. The SMILES string of the molecule is CC1(c2ccccc2)c2ccccc2-c2c(-c3cc(-c4ccc(-c5cccc(-c6cccc7c6sc6ccccc67)c5)cc4)nc(-c4ccccc4)n3)cccc21. The molecule has 3 heteroatoms. The molecule has 57 heavy (non-hydrogen) atoms. The monoisotopic (exact) mass is 744 g/mol. The van der Waals surface area contributed by atoms with Crippen LogP contribution < -0.4 is 0 Å². The highest BCUT2D eigenvalue weighted by molar-refractivity contribution is 7.26. The van der Waals surface area contributed by atoms with Gasteiger partial charge in [0.05, 0.1) is 11.4 Å². The summed E-state index contributed by atoms with van der Waals surface area (Å²) in [6, 6.07) is 72.1. The van der Waals surface area contributed by atoms with E-state index in [1.165, 1.54) is 70.2 Å². The summed E-state index contributed by atoms with van der Waals surface area (Å²) in [5, 5.41) is 2.64. The van der Waals surface area contributed by atoms with Gasteiger partial charge in [0.15, 0.2) is 5.82 Å². The third-order valence-electron chi connectivity index (χ3n) is 11.8. The highest BCUT2D eigenvalue weighted by Crippen LogP contribution is 2.55. The lowest BCUT2D eigenvalue weighted by atomic mass is 9.74. The first kappa shape index (κ1) is 33.4. The fourth-order valence-corrected chi connectivity index (χ4v) is 10.2. The summed E-state index contributed by atoms with van der Waals surface area (Å²) in [6.07, 6.45) is 0. The molecule has 0 bridgehead atoms. The highest BCUT2D eigenvalue weighted by Gasteiger charge is 2.41. The minimum atomic E-state index is -0.293. The molecule has 2 nitrogen and oxygen atoms in total. The molecule has 0 amide bonds. The summed E-state index contributed by atoms with van der Waals surface area (Å²) in [5.41, 5.74) is 15.9. The van der Waals surface area contributed by atoms with Crippen molar-refractivity contribution in [2.45, 2.75) is 12.3 Å². The molecular weight excluding hydrogens is 709 g/mol. The van der Waals surface area contributed by atoms with Gasteiger partial charge in [0.25, 0.3) is 0 Å². The number of rotatable bonds is 6. The van der Waals surface area contributed by atoms with Crippen molar-refractivity contribution in [2.75, 3.05) is 0 Å². The van der Waals surface area contributed by atoms with Gasteiger partial charge in [-0.25, -0.2) is 9.97 Å². The lowest BCUT2D eigenvalue weighted by Crippen LogP contribution is -2.22. The predicted octanol–water partition coefficient (Wildman–Crippen LogP) is 14.5. The molecule has 8 aromatic carbocycles. The Kier molecular flexibility index (Phi) is 7.84. The molecule has 0 spiro atoms. The summed E-state index contributed by atoms with van der Waals surface area (Å²) < 4.78 is 2.65. The van der Waals surface area contributed by atoms with Crippen molar-refractivity contribution in [3.05, 3.63) is 217 Å². The van der Waals surface area contributed by atoms with E-state index >= 15 is 0 Å². The van der Waals surface area contributed by atoms with Crippen LogP contribution in [0.1, 0.15) is 23.6 Å². The molecule has 1 unspecified atom stereocenters. The van der Waals surface area contributed by atoms with Crippen LogP contribution in [-0.4, -0.2) is 9.97 Å². The second-order valence-electron chi connectivity index (χ2n) is 15.0. The van der Waals surface area contributed by atoms with E-state index in [1.54, 1.807) is 0 Å². The quantitative estimate of drug-likeness (QED) is 0.169. The third-order valence-corrected chi connectivity index (χ3v) is 13.0. The zero-order chi connectivity index (χ0) is 37.9. The zero-order valence-corrected chi connectivity index (χ0v) is 32.2. The maximum atomic E-state index is 5.30. The van der Waals surface area contributed by atoms with Gasteiger partial charge in [0.1, 0.15) is 0 Å². The van der Waals surface area contributed by atoms with Gasteiger partial charge in [0.2, 0.25) is 0 Å². The molecule has 0 radical (unpaired) electrons. The van der Waals surface area contributed by atoms with Gasteiger partial charge < -0.3 is 0 Å². The molecule has 1 atom stereocenters. The molecule has 0 saturated heterocycles. The minimum Gasteiger partial charge on any atom is -0.228 e. The second-order valence-corrected chi connectivity index (χ2v) is 16.1. The van der Waals surface area contributed by atoms with Crippen LogP contribution in [0.15, 0.2) is 200 Å². The number of thiophene rings is 1. The number of fused-ring (bicyclic) bond motifs is 6. The maximum absolute atomic E-state index is 5.30. The van der Waals surface area contributed by atoms with E-state index < -0.39 is 0 Å². The predicted molar refractivity (Wildman–Crippen MR) is 240 cm³/mol. The molecule has 1 aliphatic rings. The van der Waals surface area contributed by atoms with Crippen molar-refractivity contribution in [3.63, 3.8) is 0 Å². The van der Waals surface area contributed by atoms with Crippen molar-refractivity contribution in [3.8, 4) is 67.3 Å². The number of aromatic nitrogens is 2. The lowest BCUT2D eigenvalue weighted by molar-refractivity contribution is 0.714. The van der Waals surface area contributed by atoms with Crippen molar-refractivity contribution < 1.29 is 0 Å². The average Bonchev–Trinajstić information content (AvgIpc) is 3.80. The van der Waals surface area contributed by atoms with Gasteiger partial charge in [0, 0.05) is 42.3 Å². The van der Waals surface area contributed by atoms with E-state index in [2.05, 4.69) is 201 Å². The van der Waals surface area contributed by atoms with E-state index in [-0.39, 0.29) is 5.41 Å². The van der Waals surface area contributed by atoms with Gasteiger partial charge in [-0.05, 0) is 75.2 Å². The Labute approximate surface area is 336 Å². The first-order chi connectivity index (χ1) is 28.1. The Morgan fingerprint density at radius 2 is 1.00 bits per heavy atom. The topological polar surface area (TPSA) is 25.8 Å². The average molecular weight is 745 g/mol. The van der Waals surface area contributed by atoms with E-state index in [0.717, 1.165) is 28.1 Å². The van der Waals surface area contributed by atoms with Crippen LogP contribution in [0.5, 0.6) is 0 Å². The van der Waals surface area contributed by atoms with Crippen LogP contribution in [0.4, 0.5) is 0 Å². The van der Waals surface area contributed by atoms with Crippen LogP contribution >= 0.6 is 11.3 Å². The summed E-state index contributed by atoms with van der Waals surface area (Å²) in [5.74, 6) is 0.713. The molecule has 0 saturated carbocycles. The van der Waals surface area contributed by atoms with E-state index in [9.17, 15) is 0 Å². The smallest absolute Gasteiger partial charge is 0.160 e. The first-order valence-electron chi connectivity index (χ1n) is 19.5. The van der Waals surface area contributed by atoms with Crippen LogP contribution in [0.3, 0.4) is 0 Å². The fraction of sp³-hybridized carbons (Fsp3) is 0.0370. The van der Waals surface area contributed by atoms with Crippen LogP contribution in [0, 0.1) is 0 Å². The van der Waals surface area contributed by atoms with Gasteiger partial charge in [-0.2, -0.15) is 0 Å². The second kappa shape index (κ2) is 13.4. The summed E-state index contributed by atoms with van der Waals surface area (Å²) in [4.78, 5) is 10.5. The summed E-state index contributed by atoms with van der Waals surface area (Å²) in [7, 11) is 0. The minimum absolute atomic E-state index is 0.293.